The van der Waals surface area contributed by atoms with E-state index in [-0.39, 0.29) is 18.1 Å². The molecule has 2 rings (SSSR count). The molecule has 2 N–H and O–H groups in total. The zero-order chi connectivity index (χ0) is 14.4. The second kappa shape index (κ2) is 7.41. The molecule has 1 heterocycles. The molecule has 0 bridgehead atoms. The Bertz CT molecular complexity index is 422. The highest BCUT2D eigenvalue weighted by atomic mass is 16.5. The van der Waals surface area contributed by atoms with Gasteiger partial charge < -0.3 is 15.4 Å². The molecule has 4 heteroatoms. The molecule has 1 amide bonds. The van der Waals surface area contributed by atoms with E-state index >= 15 is 0 Å². The van der Waals surface area contributed by atoms with E-state index in [9.17, 15) is 4.79 Å². The van der Waals surface area contributed by atoms with Crippen LogP contribution in [-0.4, -0.2) is 31.2 Å². The molecule has 0 spiro atoms. The quantitative estimate of drug-likeness (QED) is 0.867. The van der Waals surface area contributed by atoms with Gasteiger partial charge in [0.25, 0.3) is 5.91 Å². The predicted molar refractivity (Wildman–Crippen MR) is 80.7 cm³/mol. The molecule has 1 aromatic rings. The fourth-order valence-electron chi connectivity index (χ4n) is 2.53. The first-order chi connectivity index (χ1) is 9.76. The van der Waals surface area contributed by atoms with Gasteiger partial charge in [0.05, 0.1) is 6.10 Å². The zero-order valence-electron chi connectivity index (χ0n) is 12.1. The molecule has 1 aliphatic rings. The first-order valence-electron chi connectivity index (χ1n) is 7.48. The smallest absolute Gasteiger partial charge is 0.256 e. The largest absolute Gasteiger partial charge is 0.364 e. The van der Waals surface area contributed by atoms with E-state index in [4.69, 9.17) is 10.5 Å². The number of carbonyl (C=O) groups is 1. The number of anilines is 1. The summed E-state index contributed by atoms with van der Waals surface area (Å²) in [4.78, 5) is 14.5. The molecular weight excluding hydrogens is 252 g/mol. The molecule has 1 saturated heterocycles. The van der Waals surface area contributed by atoms with Gasteiger partial charge in [0.2, 0.25) is 0 Å². The molecule has 2 atom stereocenters. The summed E-state index contributed by atoms with van der Waals surface area (Å²) in [5, 5.41) is 0. The van der Waals surface area contributed by atoms with Gasteiger partial charge in [0.1, 0.15) is 6.10 Å². The molecule has 1 fully saturated rings. The fourth-order valence-corrected chi connectivity index (χ4v) is 2.53. The molecule has 1 aromatic carbocycles. The Hall–Kier alpha value is -1.39. The Morgan fingerprint density at radius 2 is 2.10 bits per heavy atom. The monoisotopic (exact) mass is 276 g/mol. The predicted octanol–water partition coefficient (Wildman–Crippen LogP) is 2.33. The van der Waals surface area contributed by atoms with Crippen LogP contribution >= 0.6 is 0 Å². The van der Waals surface area contributed by atoms with E-state index < -0.39 is 0 Å². The van der Waals surface area contributed by atoms with E-state index in [2.05, 4.69) is 6.92 Å². The number of benzene rings is 1. The molecule has 0 aromatic heterocycles. The lowest BCUT2D eigenvalue weighted by molar-refractivity contribution is -0.129. The van der Waals surface area contributed by atoms with Gasteiger partial charge in [-0.3, -0.25) is 4.79 Å². The lowest BCUT2D eigenvalue weighted by atomic mass is 10.1. The lowest BCUT2D eigenvalue weighted by Crippen LogP contribution is -2.40. The van der Waals surface area contributed by atoms with Crippen LogP contribution in [0.1, 0.15) is 32.6 Å². The topological polar surface area (TPSA) is 55.6 Å². The Morgan fingerprint density at radius 1 is 1.35 bits per heavy atom. The summed E-state index contributed by atoms with van der Waals surface area (Å²) in [5.74, 6) is 0.0700. The van der Waals surface area contributed by atoms with Gasteiger partial charge in [-0.25, -0.2) is 0 Å². The first-order valence-corrected chi connectivity index (χ1v) is 7.48. The van der Waals surface area contributed by atoms with E-state index in [0.717, 1.165) is 37.9 Å². The molecule has 20 heavy (non-hydrogen) atoms. The molecule has 110 valence electrons. The number of nitrogens with zero attached hydrogens (tertiary/aromatic N) is 1. The highest BCUT2D eigenvalue weighted by Crippen LogP contribution is 2.24. The average Bonchev–Trinajstić information content (AvgIpc) is 2.97. The third-order valence-corrected chi connectivity index (χ3v) is 3.72. The van der Waals surface area contributed by atoms with Crippen LogP contribution in [0.5, 0.6) is 0 Å². The number of amides is 1. The minimum absolute atomic E-state index is 0.0350. The van der Waals surface area contributed by atoms with Gasteiger partial charge in [0, 0.05) is 18.8 Å². The van der Waals surface area contributed by atoms with Gasteiger partial charge in [-0.2, -0.15) is 0 Å². The van der Waals surface area contributed by atoms with Gasteiger partial charge in [-0.1, -0.05) is 31.5 Å². The highest BCUT2D eigenvalue weighted by Gasteiger charge is 2.33. The van der Waals surface area contributed by atoms with Crippen molar-refractivity contribution >= 4 is 11.6 Å². The number of carbonyl (C=O) groups excluding carboxylic acids is 1. The van der Waals surface area contributed by atoms with E-state index in [0.29, 0.717) is 6.54 Å². The minimum Gasteiger partial charge on any atom is -0.364 e. The number of rotatable bonds is 6. The third kappa shape index (κ3) is 3.58. The maximum atomic E-state index is 12.7. The number of unbranched alkanes of at least 4 members (excludes halogenated alkanes) is 1. The molecule has 0 unspecified atom stereocenters. The van der Waals surface area contributed by atoms with E-state index in [1.807, 2.05) is 35.2 Å². The van der Waals surface area contributed by atoms with Gasteiger partial charge in [0.15, 0.2) is 0 Å². The Kier molecular flexibility index (Phi) is 5.56. The molecule has 0 aliphatic carbocycles. The molecule has 0 radical (unpaired) electrons. The van der Waals surface area contributed by atoms with Crippen molar-refractivity contribution in [3.8, 4) is 0 Å². The van der Waals surface area contributed by atoms with Gasteiger partial charge >= 0.3 is 0 Å². The Labute approximate surface area is 120 Å². The van der Waals surface area contributed by atoms with Gasteiger partial charge in [-0.15, -0.1) is 0 Å². The van der Waals surface area contributed by atoms with Crippen molar-refractivity contribution in [3.05, 3.63) is 30.3 Å². The van der Waals surface area contributed by atoms with Crippen LogP contribution in [0, 0.1) is 0 Å². The van der Waals surface area contributed by atoms with E-state index in [1.54, 1.807) is 0 Å². The standard InChI is InChI=1S/C16H24N2O2/c1-2-3-11-18(13-7-5-4-6-8-13)16(19)15-10-9-14(12-17)20-15/h4-8,14-15H,2-3,9-12,17H2,1H3/t14-,15+/m1/s1. The van der Waals surface area contributed by atoms with Crippen molar-refractivity contribution in [1.29, 1.82) is 0 Å². The lowest BCUT2D eigenvalue weighted by Gasteiger charge is -2.25. The zero-order valence-corrected chi connectivity index (χ0v) is 12.1. The number of hydrogen-bond acceptors (Lipinski definition) is 3. The average molecular weight is 276 g/mol. The number of hydrogen-bond donors (Lipinski definition) is 1. The Balaban J connectivity index is 2.08. The minimum atomic E-state index is -0.333. The Morgan fingerprint density at radius 3 is 2.70 bits per heavy atom. The second-order valence-corrected chi connectivity index (χ2v) is 5.24. The van der Waals surface area contributed by atoms with Crippen molar-refractivity contribution in [2.24, 2.45) is 5.73 Å². The summed E-state index contributed by atoms with van der Waals surface area (Å²) < 4.78 is 5.74. The van der Waals surface area contributed by atoms with Crippen LogP contribution < -0.4 is 10.6 Å². The summed E-state index contributed by atoms with van der Waals surface area (Å²) in [5.41, 5.74) is 6.56. The summed E-state index contributed by atoms with van der Waals surface area (Å²) in [6, 6.07) is 9.83. The third-order valence-electron chi connectivity index (χ3n) is 3.72. The van der Waals surface area contributed by atoms with Crippen LogP contribution in [0.3, 0.4) is 0 Å². The maximum Gasteiger partial charge on any atom is 0.256 e. The number of ether oxygens (including phenoxy) is 1. The molecule has 1 aliphatic heterocycles. The summed E-state index contributed by atoms with van der Waals surface area (Å²) >= 11 is 0. The van der Waals surface area contributed by atoms with Crippen LogP contribution in [0.2, 0.25) is 0 Å². The van der Waals surface area contributed by atoms with Crippen molar-refractivity contribution < 1.29 is 9.53 Å². The maximum absolute atomic E-state index is 12.7. The fraction of sp³-hybridized carbons (Fsp3) is 0.562. The summed E-state index contributed by atoms with van der Waals surface area (Å²) in [6.45, 7) is 3.36. The SMILES string of the molecule is CCCCN(C(=O)[C@@H]1CC[C@H](CN)O1)c1ccccc1. The van der Waals surface area contributed by atoms with Crippen molar-refractivity contribution in [1.82, 2.24) is 0 Å². The van der Waals surface area contributed by atoms with Crippen molar-refractivity contribution in [3.63, 3.8) is 0 Å². The normalized spacial score (nSPS) is 21.9. The highest BCUT2D eigenvalue weighted by molar-refractivity contribution is 5.96. The first kappa shape index (κ1) is 15.0. The molecule has 4 nitrogen and oxygen atoms in total. The number of nitrogens with two attached hydrogens (primary N) is 1. The summed E-state index contributed by atoms with van der Waals surface area (Å²) in [6.07, 6.45) is 3.41. The van der Waals surface area contributed by atoms with Crippen LogP contribution in [0.15, 0.2) is 30.3 Å². The molecular formula is C16H24N2O2. The van der Waals surface area contributed by atoms with Crippen molar-refractivity contribution in [2.45, 2.75) is 44.8 Å². The summed E-state index contributed by atoms with van der Waals surface area (Å²) in [7, 11) is 0. The van der Waals surface area contributed by atoms with Crippen molar-refractivity contribution in [2.75, 3.05) is 18.0 Å². The molecule has 0 saturated carbocycles. The van der Waals surface area contributed by atoms with Crippen LogP contribution in [0.25, 0.3) is 0 Å². The van der Waals surface area contributed by atoms with Crippen LogP contribution in [-0.2, 0) is 9.53 Å². The van der Waals surface area contributed by atoms with Gasteiger partial charge in [-0.05, 0) is 31.4 Å². The second-order valence-electron chi connectivity index (χ2n) is 5.24. The van der Waals surface area contributed by atoms with Crippen LogP contribution in [0.4, 0.5) is 5.69 Å². The van der Waals surface area contributed by atoms with E-state index in [1.165, 1.54) is 0 Å². The number of para-hydroxylation sites is 1.